The van der Waals surface area contributed by atoms with Crippen molar-refractivity contribution in [2.45, 2.75) is 0 Å². The quantitative estimate of drug-likeness (QED) is 0.432. The molecule has 0 spiro atoms. The molecule has 55 valence electrons. The van der Waals surface area contributed by atoms with Crippen molar-refractivity contribution in [3.05, 3.63) is 23.1 Å². The van der Waals surface area contributed by atoms with Gasteiger partial charge in [0, 0.05) is 11.3 Å². The largest absolute Gasteiger partial charge is 0.760 e. The van der Waals surface area contributed by atoms with Crippen LogP contribution in [0.1, 0.15) is 0 Å². The first-order valence-corrected chi connectivity index (χ1v) is 6.04. The molecule has 3 nitrogen and oxygen atoms in total. The van der Waals surface area contributed by atoms with E-state index in [4.69, 9.17) is 8.76 Å². The van der Waals surface area contributed by atoms with Gasteiger partial charge in [-0.1, -0.05) is 0 Å². The molecule has 0 saturated heterocycles. The van der Waals surface area contributed by atoms with Gasteiger partial charge < -0.3 is 4.55 Å². The molecular formula is C5H7GeNO2S-. The van der Waals surface area contributed by atoms with Crippen LogP contribution in [0.4, 0.5) is 0 Å². The number of rotatable bonds is 0. The molecule has 1 aliphatic rings. The van der Waals surface area contributed by atoms with Crippen molar-refractivity contribution < 1.29 is 8.76 Å². The summed E-state index contributed by atoms with van der Waals surface area (Å²) in [5, 5.41) is 4.03. The first-order valence-electron chi connectivity index (χ1n) is 2.48. The zero-order valence-electron chi connectivity index (χ0n) is 5.19. The van der Waals surface area contributed by atoms with Gasteiger partial charge >= 0.3 is 43.0 Å². The van der Waals surface area contributed by atoms with Gasteiger partial charge in [0.2, 0.25) is 0 Å². The Morgan fingerprint density at radius 2 is 2.00 bits per heavy atom. The molecule has 10 heavy (non-hydrogen) atoms. The number of nitrogens with two attached hydrogens (primary N) is 1. The third-order valence-electron chi connectivity index (χ3n) is 0.607. The summed E-state index contributed by atoms with van der Waals surface area (Å²) in [6, 6.07) is 0. The van der Waals surface area contributed by atoms with Gasteiger partial charge in [0.25, 0.3) is 0 Å². The third kappa shape index (κ3) is 10.9. The average Bonchev–Trinajstić information content (AvgIpc) is 1.90. The first kappa shape index (κ1) is 9.96. The van der Waals surface area contributed by atoms with Crippen molar-refractivity contribution in [1.82, 2.24) is 0 Å². The van der Waals surface area contributed by atoms with Crippen molar-refractivity contribution >= 4 is 31.1 Å². The van der Waals surface area contributed by atoms with Gasteiger partial charge in [0.1, 0.15) is 0 Å². The fourth-order valence-electron chi connectivity index (χ4n) is 0.342. The van der Waals surface area contributed by atoms with Gasteiger partial charge in [-0.3, -0.25) is 9.35 Å². The molecule has 1 unspecified atom stereocenters. The van der Waals surface area contributed by atoms with Crippen LogP contribution in [0, 0.1) is 0 Å². The molecule has 0 aliphatic carbocycles. The summed E-state index contributed by atoms with van der Waals surface area (Å²) in [5.74, 6) is 0. The smallest absolute Gasteiger partial charge is 0.0152 e. The summed E-state index contributed by atoms with van der Waals surface area (Å²) < 4.78 is 17.6. The molecule has 0 fully saturated rings. The average molecular weight is 218 g/mol. The minimum Gasteiger partial charge on any atom is -0.760 e. The molecule has 1 atom stereocenters. The van der Waals surface area contributed by atoms with E-state index in [0.717, 1.165) is 0 Å². The van der Waals surface area contributed by atoms with Crippen molar-refractivity contribution in [3.8, 4) is 0 Å². The molecule has 1 heterocycles. The molecule has 1 aliphatic heterocycles. The van der Waals surface area contributed by atoms with Crippen LogP contribution in [-0.4, -0.2) is 28.6 Å². The van der Waals surface area contributed by atoms with E-state index in [1.54, 1.807) is 0 Å². The second-order valence-electron chi connectivity index (χ2n) is 1.34. The SMILES string of the molecule is C1=C[CH]=[Ge][CH]=C1.NS(=O)[O-]. The Hall–Kier alpha value is -0.0371. The van der Waals surface area contributed by atoms with E-state index in [1.807, 2.05) is 0 Å². The Balaban J connectivity index is 0.000000180. The van der Waals surface area contributed by atoms with Gasteiger partial charge in [0.15, 0.2) is 0 Å². The van der Waals surface area contributed by atoms with E-state index >= 15 is 0 Å². The summed E-state index contributed by atoms with van der Waals surface area (Å²) >= 11 is -2.15. The van der Waals surface area contributed by atoms with Gasteiger partial charge in [-0.15, -0.1) is 0 Å². The van der Waals surface area contributed by atoms with Crippen LogP contribution in [0.25, 0.3) is 0 Å². The molecular weight excluding hydrogens is 211 g/mol. The van der Waals surface area contributed by atoms with Crippen LogP contribution >= 0.6 is 0 Å². The van der Waals surface area contributed by atoms with Crippen molar-refractivity contribution in [3.63, 3.8) is 0 Å². The normalized spacial score (nSPS) is 15.8. The van der Waals surface area contributed by atoms with E-state index in [1.165, 1.54) is 0 Å². The number of hydrogen-bond acceptors (Lipinski definition) is 2. The molecule has 0 amide bonds. The minimum absolute atomic E-state index is 0.215. The minimum atomic E-state index is -2.36. The van der Waals surface area contributed by atoms with Crippen molar-refractivity contribution in [2.24, 2.45) is 5.14 Å². The fraction of sp³-hybridized carbons (Fsp3) is 0. The topological polar surface area (TPSA) is 66.2 Å². The molecule has 1 rings (SSSR count). The molecule has 0 aromatic rings. The van der Waals surface area contributed by atoms with Gasteiger partial charge in [-0.05, 0) is 0 Å². The maximum Gasteiger partial charge on any atom is 0.0152 e. The van der Waals surface area contributed by atoms with E-state index in [-0.39, 0.29) is 15.0 Å². The van der Waals surface area contributed by atoms with Gasteiger partial charge in [0.05, 0.1) is 0 Å². The summed E-state index contributed by atoms with van der Waals surface area (Å²) in [6.45, 7) is 0. The van der Waals surface area contributed by atoms with Crippen LogP contribution in [0.15, 0.2) is 23.1 Å². The second-order valence-corrected chi connectivity index (χ2v) is 3.96. The van der Waals surface area contributed by atoms with Crippen LogP contribution in [0.5, 0.6) is 0 Å². The molecule has 0 saturated carbocycles. The van der Waals surface area contributed by atoms with Crippen LogP contribution in [0.3, 0.4) is 0 Å². The first-order chi connectivity index (χ1) is 4.73. The Kier molecular flexibility index (Phi) is 7.05. The van der Waals surface area contributed by atoms with E-state index in [9.17, 15) is 0 Å². The summed E-state index contributed by atoms with van der Waals surface area (Å²) in [4.78, 5) is 4.50. The monoisotopic (exact) mass is 219 g/mol. The number of hydrogen-bond donors (Lipinski definition) is 1. The maximum absolute atomic E-state index is 8.78. The Morgan fingerprint density at radius 3 is 2.10 bits per heavy atom. The molecule has 2 N–H and O–H groups in total. The van der Waals surface area contributed by atoms with Crippen molar-refractivity contribution in [1.29, 1.82) is 0 Å². The Morgan fingerprint density at radius 1 is 1.40 bits per heavy atom. The van der Waals surface area contributed by atoms with E-state index in [0.29, 0.717) is 0 Å². The number of allylic oxidation sites excluding steroid dienone is 3. The zero-order chi connectivity index (χ0) is 7.82. The Bertz CT molecular complexity index is 148. The summed E-state index contributed by atoms with van der Waals surface area (Å²) in [6.07, 6.45) is 6.28. The zero-order valence-corrected chi connectivity index (χ0v) is 8.10. The van der Waals surface area contributed by atoms with E-state index in [2.05, 4.69) is 33.1 Å². The molecule has 0 aromatic heterocycles. The van der Waals surface area contributed by atoms with E-state index < -0.39 is 11.3 Å². The van der Waals surface area contributed by atoms with Crippen LogP contribution in [0.2, 0.25) is 0 Å². The van der Waals surface area contributed by atoms with Crippen LogP contribution < -0.4 is 5.14 Å². The fourth-order valence-corrected chi connectivity index (χ4v) is 1.51. The second kappa shape index (κ2) is 7.07. The molecule has 0 bridgehead atoms. The summed E-state index contributed by atoms with van der Waals surface area (Å²) in [5.41, 5.74) is 0. The molecule has 0 aromatic carbocycles. The predicted octanol–water partition coefficient (Wildman–Crippen LogP) is -0.685. The molecule has 5 heteroatoms. The maximum atomic E-state index is 8.78. The Labute approximate surface area is 68.4 Å². The van der Waals surface area contributed by atoms with Gasteiger partial charge in [-0.25, -0.2) is 0 Å². The molecule has 1 radical (unpaired) electrons. The standard InChI is InChI=1S/C5H5Ge.H3NO2S/c1-2-4-6-5-3-1;1-4(2)3/h1-5H;1H2,(H,2,3)/p-1. The van der Waals surface area contributed by atoms with Gasteiger partial charge in [-0.2, -0.15) is 0 Å². The predicted molar refractivity (Wildman–Crippen MR) is 43.2 cm³/mol. The summed E-state index contributed by atoms with van der Waals surface area (Å²) in [7, 11) is 0. The van der Waals surface area contributed by atoms with Crippen LogP contribution in [-0.2, 0) is 11.3 Å². The van der Waals surface area contributed by atoms with Crippen molar-refractivity contribution in [2.75, 3.05) is 0 Å². The third-order valence-corrected chi connectivity index (χ3v) is 2.22.